The highest BCUT2D eigenvalue weighted by atomic mass is 16.5. The van der Waals surface area contributed by atoms with Crippen molar-refractivity contribution in [3.63, 3.8) is 0 Å². The fourth-order valence-corrected chi connectivity index (χ4v) is 1.29. The van der Waals surface area contributed by atoms with Crippen LogP contribution in [-0.2, 0) is 0 Å². The van der Waals surface area contributed by atoms with Gasteiger partial charge in [-0.15, -0.1) is 12.3 Å². The van der Waals surface area contributed by atoms with E-state index < -0.39 is 6.10 Å². The van der Waals surface area contributed by atoms with Crippen LogP contribution in [0.25, 0.3) is 0 Å². The molecule has 0 aliphatic carbocycles. The van der Waals surface area contributed by atoms with Gasteiger partial charge in [-0.3, -0.25) is 0 Å². The van der Waals surface area contributed by atoms with Crippen molar-refractivity contribution in [2.45, 2.75) is 12.5 Å². The van der Waals surface area contributed by atoms with Gasteiger partial charge in [-0.1, -0.05) is 6.07 Å². The fourth-order valence-electron chi connectivity index (χ4n) is 1.29. The van der Waals surface area contributed by atoms with Crippen LogP contribution in [0.2, 0.25) is 0 Å². The molecule has 0 unspecified atom stereocenters. The van der Waals surface area contributed by atoms with E-state index in [1.54, 1.807) is 32.4 Å². The Morgan fingerprint density at radius 1 is 1.33 bits per heavy atom. The second-order valence-electron chi connectivity index (χ2n) is 3.04. The van der Waals surface area contributed by atoms with Crippen LogP contribution in [-0.4, -0.2) is 19.3 Å². The minimum absolute atomic E-state index is 0.287. The topological polar surface area (TPSA) is 38.7 Å². The lowest BCUT2D eigenvalue weighted by Gasteiger charge is -2.12. The molecule has 80 valence electrons. The van der Waals surface area contributed by atoms with E-state index in [1.165, 1.54) is 0 Å². The molecule has 1 aromatic carbocycles. The third-order valence-electron chi connectivity index (χ3n) is 2.10. The predicted octanol–water partition coefficient (Wildman–Crippen LogP) is 1.76. The number of methoxy groups -OCH3 is 2. The second-order valence-corrected chi connectivity index (χ2v) is 3.04. The monoisotopic (exact) mass is 206 g/mol. The number of benzene rings is 1. The minimum atomic E-state index is -0.658. The third-order valence-corrected chi connectivity index (χ3v) is 2.10. The van der Waals surface area contributed by atoms with Crippen molar-refractivity contribution in [1.82, 2.24) is 0 Å². The summed E-state index contributed by atoms with van der Waals surface area (Å²) in [6.07, 6.45) is 4.76. The zero-order chi connectivity index (χ0) is 11.3. The Morgan fingerprint density at radius 2 is 2.00 bits per heavy atom. The first-order valence-electron chi connectivity index (χ1n) is 4.56. The van der Waals surface area contributed by atoms with E-state index in [0.29, 0.717) is 11.5 Å². The quantitative estimate of drug-likeness (QED) is 0.763. The van der Waals surface area contributed by atoms with Crippen molar-refractivity contribution in [1.29, 1.82) is 0 Å². The Bertz CT molecular complexity index is 366. The Morgan fingerprint density at radius 3 is 2.53 bits per heavy atom. The van der Waals surface area contributed by atoms with Crippen LogP contribution < -0.4 is 9.47 Å². The molecule has 0 amide bonds. The summed E-state index contributed by atoms with van der Waals surface area (Å²) in [7, 11) is 3.12. The lowest BCUT2D eigenvalue weighted by molar-refractivity contribution is 0.183. The lowest BCUT2D eigenvalue weighted by Crippen LogP contribution is -1.98. The van der Waals surface area contributed by atoms with Crippen molar-refractivity contribution in [3.8, 4) is 23.8 Å². The highest BCUT2D eigenvalue weighted by Gasteiger charge is 2.10. The number of hydrogen-bond donors (Lipinski definition) is 1. The SMILES string of the molecule is C#CC[C@@H](O)c1ccc(OC)c(OC)c1. The van der Waals surface area contributed by atoms with Crippen LogP contribution in [0.5, 0.6) is 11.5 Å². The summed E-state index contributed by atoms with van der Waals surface area (Å²) in [5.41, 5.74) is 0.727. The van der Waals surface area contributed by atoms with Crippen LogP contribution >= 0.6 is 0 Å². The van der Waals surface area contributed by atoms with Gasteiger partial charge in [-0.05, 0) is 17.7 Å². The number of aliphatic hydroxyl groups is 1. The third kappa shape index (κ3) is 2.64. The second kappa shape index (κ2) is 5.28. The summed E-state index contributed by atoms with van der Waals surface area (Å²) in [6.45, 7) is 0. The molecule has 3 nitrogen and oxygen atoms in total. The standard InChI is InChI=1S/C12H14O3/c1-4-5-10(13)9-6-7-11(14-2)12(8-9)15-3/h1,6-8,10,13H,5H2,2-3H3/t10-/m1/s1. The number of ether oxygens (including phenoxy) is 2. The molecule has 1 atom stereocenters. The predicted molar refractivity (Wildman–Crippen MR) is 58.0 cm³/mol. The molecule has 0 saturated carbocycles. The molecule has 0 radical (unpaired) electrons. The van der Waals surface area contributed by atoms with E-state index in [0.717, 1.165) is 5.56 Å². The molecule has 0 bridgehead atoms. The fraction of sp³-hybridized carbons (Fsp3) is 0.333. The zero-order valence-electron chi connectivity index (χ0n) is 8.86. The van der Waals surface area contributed by atoms with Crippen molar-refractivity contribution >= 4 is 0 Å². The number of rotatable bonds is 4. The first-order valence-corrected chi connectivity index (χ1v) is 4.56. The van der Waals surface area contributed by atoms with Gasteiger partial charge in [0, 0.05) is 6.42 Å². The van der Waals surface area contributed by atoms with E-state index in [4.69, 9.17) is 15.9 Å². The highest BCUT2D eigenvalue weighted by molar-refractivity contribution is 5.43. The molecule has 1 N–H and O–H groups in total. The summed E-state index contributed by atoms with van der Waals surface area (Å²) >= 11 is 0. The van der Waals surface area contributed by atoms with Crippen molar-refractivity contribution in [2.24, 2.45) is 0 Å². The van der Waals surface area contributed by atoms with Gasteiger partial charge in [0.05, 0.1) is 20.3 Å². The largest absolute Gasteiger partial charge is 0.493 e. The molecule has 3 heteroatoms. The summed E-state index contributed by atoms with van der Waals surface area (Å²) in [5, 5.41) is 9.67. The maximum absolute atomic E-state index is 9.67. The molecular weight excluding hydrogens is 192 g/mol. The molecule has 0 saturated heterocycles. The van der Waals surface area contributed by atoms with Crippen LogP contribution in [0.4, 0.5) is 0 Å². The average Bonchev–Trinajstić information content (AvgIpc) is 2.28. The molecule has 15 heavy (non-hydrogen) atoms. The summed E-state index contributed by atoms with van der Waals surface area (Å²) in [4.78, 5) is 0. The number of terminal acetylenes is 1. The van der Waals surface area contributed by atoms with Gasteiger partial charge in [0.1, 0.15) is 0 Å². The summed E-state index contributed by atoms with van der Waals surface area (Å²) in [6, 6.07) is 5.23. The van der Waals surface area contributed by atoms with Crippen LogP contribution in [0.1, 0.15) is 18.1 Å². The van der Waals surface area contributed by atoms with E-state index >= 15 is 0 Å². The molecule has 0 spiro atoms. The maximum Gasteiger partial charge on any atom is 0.161 e. The van der Waals surface area contributed by atoms with Gasteiger partial charge in [-0.2, -0.15) is 0 Å². The molecule has 0 aliphatic heterocycles. The van der Waals surface area contributed by atoms with Crippen LogP contribution in [0.15, 0.2) is 18.2 Å². The van der Waals surface area contributed by atoms with Gasteiger partial charge in [0.2, 0.25) is 0 Å². The Hall–Kier alpha value is -1.66. The van der Waals surface area contributed by atoms with E-state index in [2.05, 4.69) is 5.92 Å². The highest BCUT2D eigenvalue weighted by Crippen LogP contribution is 2.30. The van der Waals surface area contributed by atoms with E-state index in [-0.39, 0.29) is 6.42 Å². The smallest absolute Gasteiger partial charge is 0.161 e. The molecular formula is C12H14O3. The van der Waals surface area contributed by atoms with Gasteiger partial charge in [-0.25, -0.2) is 0 Å². The first kappa shape index (κ1) is 11.4. The van der Waals surface area contributed by atoms with Gasteiger partial charge in [0.15, 0.2) is 11.5 Å². The molecule has 1 aromatic rings. The Kier molecular flexibility index (Phi) is 4.02. The van der Waals surface area contributed by atoms with E-state index in [9.17, 15) is 5.11 Å². The van der Waals surface area contributed by atoms with Gasteiger partial charge in [0.25, 0.3) is 0 Å². The zero-order valence-corrected chi connectivity index (χ0v) is 8.86. The molecule has 0 aliphatic rings. The average molecular weight is 206 g/mol. The Labute approximate surface area is 89.6 Å². The van der Waals surface area contributed by atoms with Crippen molar-refractivity contribution in [3.05, 3.63) is 23.8 Å². The van der Waals surface area contributed by atoms with Gasteiger partial charge >= 0.3 is 0 Å². The number of aliphatic hydroxyl groups excluding tert-OH is 1. The molecule has 0 aromatic heterocycles. The number of hydrogen-bond acceptors (Lipinski definition) is 3. The Balaban J connectivity index is 2.98. The van der Waals surface area contributed by atoms with E-state index in [1.807, 2.05) is 0 Å². The van der Waals surface area contributed by atoms with Crippen molar-refractivity contribution in [2.75, 3.05) is 14.2 Å². The van der Waals surface area contributed by atoms with Gasteiger partial charge < -0.3 is 14.6 Å². The lowest BCUT2D eigenvalue weighted by atomic mass is 10.1. The van der Waals surface area contributed by atoms with Crippen LogP contribution in [0.3, 0.4) is 0 Å². The maximum atomic E-state index is 9.67. The summed E-state index contributed by atoms with van der Waals surface area (Å²) in [5.74, 6) is 3.63. The van der Waals surface area contributed by atoms with Crippen molar-refractivity contribution < 1.29 is 14.6 Å². The van der Waals surface area contributed by atoms with Crippen LogP contribution in [0, 0.1) is 12.3 Å². The molecule has 0 fully saturated rings. The first-order chi connectivity index (χ1) is 7.22. The molecule has 1 rings (SSSR count). The minimum Gasteiger partial charge on any atom is -0.493 e. The summed E-state index contributed by atoms with van der Waals surface area (Å²) < 4.78 is 10.2. The molecule has 0 heterocycles. The normalized spacial score (nSPS) is 11.6.